The van der Waals surface area contributed by atoms with Crippen LogP contribution in [0.2, 0.25) is 0 Å². The van der Waals surface area contributed by atoms with Crippen LogP contribution in [-0.2, 0) is 14.3 Å². The van der Waals surface area contributed by atoms with Gasteiger partial charge in [-0.2, -0.15) is 0 Å². The highest BCUT2D eigenvalue weighted by atomic mass is 16.5. The fourth-order valence-corrected chi connectivity index (χ4v) is 5.63. The number of hydrogen-bond donors (Lipinski definition) is 2. The average molecular weight is 295 g/mol. The van der Waals surface area contributed by atoms with Gasteiger partial charge in [-0.15, -0.1) is 0 Å². The van der Waals surface area contributed by atoms with Crippen molar-refractivity contribution in [3.05, 3.63) is 0 Å². The zero-order valence-corrected chi connectivity index (χ0v) is 12.9. The molecule has 0 aromatic rings. The second kappa shape index (κ2) is 4.97. The number of methoxy groups -OCH3 is 1. The van der Waals surface area contributed by atoms with Crippen molar-refractivity contribution in [2.45, 2.75) is 51.6 Å². The van der Waals surface area contributed by atoms with Gasteiger partial charge < -0.3 is 15.2 Å². The van der Waals surface area contributed by atoms with Gasteiger partial charge in [-0.3, -0.25) is 4.79 Å². The Morgan fingerprint density at radius 3 is 2.38 bits per heavy atom. The van der Waals surface area contributed by atoms with Gasteiger partial charge in [0.15, 0.2) is 6.10 Å². The maximum atomic E-state index is 12.7. The fraction of sp³-hybridized carbons (Fsp3) is 0.875. The first-order valence-electron chi connectivity index (χ1n) is 7.90. The topological polar surface area (TPSA) is 75.6 Å². The summed E-state index contributed by atoms with van der Waals surface area (Å²) in [4.78, 5) is 23.7. The molecule has 4 aliphatic rings. The van der Waals surface area contributed by atoms with E-state index in [0.29, 0.717) is 17.3 Å². The Morgan fingerprint density at radius 1 is 1.29 bits per heavy atom. The van der Waals surface area contributed by atoms with Crippen molar-refractivity contribution in [1.29, 1.82) is 0 Å². The zero-order chi connectivity index (χ0) is 15.3. The summed E-state index contributed by atoms with van der Waals surface area (Å²) in [6.07, 6.45) is 5.76. The Morgan fingerprint density at radius 2 is 1.90 bits per heavy atom. The Kier molecular flexibility index (Phi) is 3.51. The van der Waals surface area contributed by atoms with E-state index in [4.69, 9.17) is 9.84 Å². The third kappa shape index (κ3) is 2.56. The van der Waals surface area contributed by atoms with Crippen LogP contribution >= 0.6 is 0 Å². The molecule has 4 fully saturated rings. The predicted octanol–water partition coefficient (Wildman–Crippen LogP) is 1.81. The normalized spacial score (nSPS) is 41.8. The Balaban J connectivity index is 1.68. The van der Waals surface area contributed by atoms with Gasteiger partial charge in [-0.25, -0.2) is 4.79 Å². The van der Waals surface area contributed by atoms with Gasteiger partial charge in [0, 0.05) is 7.11 Å². The molecule has 1 amide bonds. The van der Waals surface area contributed by atoms with Crippen LogP contribution in [0.25, 0.3) is 0 Å². The second-order valence-corrected chi connectivity index (χ2v) is 7.82. The van der Waals surface area contributed by atoms with Crippen molar-refractivity contribution < 1.29 is 19.4 Å². The number of rotatable bonds is 5. The minimum atomic E-state index is -1.03. The van der Waals surface area contributed by atoms with E-state index in [1.165, 1.54) is 26.4 Å². The molecule has 4 aliphatic carbocycles. The van der Waals surface area contributed by atoms with Gasteiger partial charge >= 0.3 is 5.97 Å². The van der Waals surface area contributed by atoms with Crippen molar-refractivity contribution >= 4 is 11.9 Å². The molecule has 5 heteroatoms. The van der Waals surface area contributed by atoms with Crippen molar-refractivity contribution in [1.82, 2.24) is 5.32 Å². The molecular formula is C16H25NO4. The molecule has 118 valence electrons. The van der Waals surface area contributed by atoms with Crippen LogP contribution in [0, 0.1) is 22.7 Å². The number of carboxylic acid groups (broad SMARTS) is 1. The van der Waals surface area contributed by atoms with E-state index < -0.39 is 12.1 Å². The SMILES string of the molecule is COC(CNC(=O)C12CC3CC(CC(C)(C3)C1)C2)C(=O)O. The van der Waals surface area contributed by atoms with Gasteiger partial charge in [0.05, 0.1) is 12.0 Å². The van der Waals surface area contributed by atoms with Crippen molar-refractivity contribution in [2.75, 3.05) is 13.7 Å². The van der Waals surface area contributed by atoms with Crippen molar-refractivity contribution in [3.8, 4) is 0 Å². The van der Waals surface area contributed by atoms with E-state index in [9.17, 15) is 9.59 Å². The van der Waals surface area contributed by atoms with E-state index in [1.807, 2.05) is 0 Å². The predicted molar refractivity (Wildman–Crippen MR) is 76.7 cm³/mol. The molecule has 4 saturated carbocycles. The summed E-state index contributed by atoms with van der Waals surface area (Å²) in [5, 5.41) is 11.8. The average Bonchev–Trinajstić information content (AvgIpc) is 2.35. The van der Waals surface area contributed by atoms with Crippen molar-refractivity contribution in [3.63, 3.8) is 0 Å². The monoisotopic (exact) mass is 295 g/mol. The van der Waals surface area contributed by atoms with Crippen molar-refractivity contribution in [2.24, 2.45) is 22.7 Å². The van der Waals surface area contributed by atoms with Crippen LogP contribution in [0.3, 0.4) is 0 Å². The first kappa shape index (κ1) is 14.8. The van der Waals surface area contributed by atoms with Gasteiger partial charge in [0.2, 0.25) is 5.91 Å². The summed E-state index contributed by atoms with van der Waals surface area (Å²) >= 11 is 0. The first-order valence-corrected chi connectivity index (χ1v) is 7.90. The summed E-state index contributed by atoms with van der Waals surface area (Å²) < 4.78 is 4.89. The molecular weight excluding hydrogens is 270 g/mol. The molecule has 3 unspecified atom stereocenters. The lowest BCUT2D eigenvalue weighted by molar-refractivity contribution is -0.157. The van der Waals surface area contributed by atoms with E-state index >= 15 is 0 Å². The molecule has 0 aromatic heterocycles. The van der Waals surface area contributed by atoms with E-state index in [-0.39, 0.29) is 17.9 Å². The van der Waals surface area contributed by atoms with Crippen LogP contribution in [0.4, 0.5) is 0 Å². The van der Waals surface area contributed by atoms with Crippen LogP contribution in [0.5, 0.6) is 0 Å². The third-order valence-corrected chi connectivity index (χ3v) is 5.84. The quantitative estimate of drug-likeness (QED) is 0.811. The Bertz CT molecular complexity index is 447. The highest BCUT2D eigenvalue weighted by Crippen LogP contribution is 2.65. The minimum absolute atomic E-state index is 0.0473. The number of hydrogen-bond acceptors (Lipinski definition) is 3. The molecule has 0 radical (unpaired) electrons. The van der Waals surface area contributed by atoms with Crippen LogP contribution in [0.15, 0.2) is 0 Å². The van der Waals surface area contributed by atoms with Crippen LogP contribution < -0.4 is 5.32 Å². The number of ether oxygens (including phenoxy) is 1. The summed E-state index contributed by atoms with van der Waals surface area (Å²) in [5.41, 5.74) is 0.0600. The number of nitrogens with one attached hydrogen (secondary N) is 1. The minimum Gasteiger partial charge on any atom is -0.479 e. The summed E-state index contributed by atoms with van der Waals surface area (Å²) in [7, 11) is 1.36. The highest BCUT2D eigenvalue weighted by molar-refractivity contribution is 5.84. The van der Waals surface area contributed by atoms with E-state index in [0.717, 1.165) is 19.3 Å². The lowest BCUT2D eigenvalue weighted by atomic mass is 9.44. The lowest BCUT2D eigenvalue weighted by Crippen LogP contribution is -2.57. The van der Waals surface area contributed by atoms with E-state index in [1.54, 1.807) is 0 Å². The molecule has 4 bridgehead atoms. The molecule has 4 rings (SSSR count). The molecule has 0 heterocycles. The first-order chi connectivity index (χ1) is 9.86. The number of carbonyl (C=O) groups excluding carboxylic acids is 1. The molecule has 21 heavy (non-hydrogen) atoms. The summed E-state index contributed by atoms with van der Waals surface area (Å²) in [6.45, 7) is 2.38. The highest BCUT2D eigenvalue weighted by Gasteiger charge is 2.58. The van der Waals surface area contributed by atoms with Gasteiger partial charge in [-0.05, 0) is 55.8 Å². The number of aliphatic carboxylic acids is 1. The molecule has 3 atom stereocenters. The number of carboxylic acids is 1. The standard InChI is InChI=1S/C16H25NO4/c1-15-4-10-3-11(5-15)7-16(6-10,9-15)14(20)17-8-12(21-2)13(18)19/h10-12H,3-9H2,1-2H3,(H,17,20)(H,18,19). The van der Waals surface area contributed by atoms with Gasteiger partial charge in [-0.1, -0.05) is 6.92 Å². The zero-order valence-electron chi connectivity index (χ0n) is 12.9. The maximum absolute atomic E-state index is 12.7. The lowest BCUT2D eigenvalue weighted by Gasteiger charge is -2.60. The smallest absolute Gasteiger partial charge is 0.334 e. The molecule has 0 spiro atoms. The van der Waals surface area contributed by atoms with E-state index in [2.05, 4.69) is 12.2 Å². The van der Waals surface area contributed by atoms with Gasteiger partial charge in [0.25, 0.3) is 0 Å². The maximum Gasteiger partial charge on any atom is 0.334 e. The molecule has 0 aromatic carbocycles. The molecule has 0 saturated heterocycles. The number of amides is 1. The molecule has 5 nitrogen and oxygen atoms in total. The largest absolute Gasteiger partial charge is 0.479 e. The Labute approximate surface area is 125 Å². The summed E-state index contributed by atoms with van der Waals surface area (Å²) in [5.74, 6) is 0.376. The van der Waals surface area contributed by atoms with Gasteiger partial charge in [0.1, 0.15) is 0 Å². The fourth-order valence-electron chi connectivity index (χ4n) is 5.63. The molecule has 0 aliphatic heterocycles. The Hall–Kier alpha value is -1.10. The summed E-state index contributed by atoms with van der Waals surface area (Å²) in [6, 6.07) is 0. The van der Waals surface area contributed by atoms with Crippen LogP contribution in [0.1, 0.15) is 45.4 Å². The van der Waals surface area contributed by atoms with Crippen LogP contribution in [-0.4, -0.2) is 36.7 Å². The third-order valence-electron chi connectivity index (χ3n) is 5.84. The number of carbonyl (C=O) groups is 2. The second-order valence-electron chi connectivity index (χ2n) is 7.82. The molecule has 2 N–H and O–H groups in total.